The van der Waals surface area contributed by atoms with Crippen LogP contribution in [0.3, 0.4) is 0 Å². The number of nitrogens with two attached hydrogens (primary N) is 1. The van der Waals surface area contributed by atoms with Crippen molar-refractivity contribution in [2.45, 2.75) is 6.92 Å². The van der Waals surface area contributed by atoms with Crippen LogP contribution in [0.2, 0.25) is 0 Å². The minimum Gasteiger partial charge on any atom is -0.465 e. The van der Waals surface area contributed by atoms with Gasteiger partial charge < -0.3 is 10.5 Å². The lowest BCUT2D eigenvalue weighted by atomic mass is 10.2. The molecule has 0 radical (unpaired) electrons. The quantitative estimate of drug-likeness (QED) is 0.226. The van der Waals surface area contributed by atoms with E-state index in [-0.39, 0.29) is 404 Å². The SMILES string of the molecule is C#C[C@@H](CN)C(=O)OCC.Cl.Cl.Cl.Cl.Cl.Cl.Cl.Cl.Cl.Cl.Cl.Cl.Cl.Cl.Cl.Cl.Cl.Cl.Cl.Cl.Cl.Cl.Cl.Cl.Cl.Cl.Cl.Cl.Cl.Cl.Cl.Cl. The van der Waals surface area contributed by atoms with E-state index in [0.29, 0.717) is 6.61 Å². The summed E-state index contributed by atoms with van der Waals surface area (Å²) in [5.41, 5.74) is 5.17. The van der Waals surface area contributed by atoms with Gasteiger partial charge in [0.15, 0.2) is 0 Å². The molecule has 1 atom stereocenters. The zero-order valence-corrected chi connectivity index (χ0v) is 45.2. The molecule has 0 heterocycles. The van der Waals surface area contributed by atoms with Crippen molar-refractivity contribution < 1.29 is 9.53 Å². The Morgan fingerprint density at radius 3 is 0.690 bits per heavy atom. The lowest BCUT2D eigenvalue weighted by molar-refractivity contribution is -0.145. The van der Waals surface area contributed by atoms with Gasteiger partial charge in [0.25, 0.3) is 0 Å². The van der Waals surface area contributed by atoms with Crippen molar-refractivity contribution in [2.75, 3.05) is 13.2 Å². The number of rotatable bonds is 3. The number of carbonyl (C=O) groups excluding carboxylic acids is 1. The molecule has 0 unspecified atom stereocenters. The van der Waals surface area contributed by atoms with Gasteiger partial charge in [-0.2, -0.15) is 0 Å². The first-order chi connectivity index (χ1) is 4.76. The van der Waals surface area contributed by atoms with E-state index >= 15 is 0 Å². The molecule has 3 nitrogen and oxygen atoms in total. The highest BCUT2D eigenvalue weighted by Gasteiger charge is 2.13. The predicted molar refractivity (Wildman–Crippen MR) is 270 cm³/mol. The largest absolute Gasteiger partial charge is 0.465 e. The van der Waals surface area contributed by atoms with Gasteiger partial charge in [-0.05, 0) is 6.92 Å². The fourth-order valence-electron chi connectivity index (χ4n) is 0.475. The van der Waals surface area contributed by atoms with Crippen molar-refractivity contribution >= 4 is 403 Å². The van der Waals surface area contributed by atoms with Crippen molar-refractivity contribution in [3.05, 3.63) is 0 Å². The van der Waals surface area contributed by atoms with Crippen LogP contribution in [-0.2, 0) is 9.53 Å². The normalized spacial score (nSPS) is 2.79. The summed E-state index contributed by atoms with van der Waals surface area (Å²) in [6.07, 6.45) is 4.98. The van der Waals surface area contributed by atoms with Crippen LogP contribution in [0.25, 0.3) is 0 Å². The molecule has 312 valence electrons. The van der Waals surface area contributed by atoms with Crippen LogP contribution in [-0.4, -0.2) is 19.1 Å². The molecule has 42 heavy (non-hydrogen) atoms. The highest BCUT2D eigenvalue weighted by molar-refractivity contribution is 5.89. The average Bonchev–Trinajstić information content (AvgIpc) is 1.91. The van der Waals surface area contributed by atoms with E-state index in [1.54, 1.807) is 6.92 Å². The Labute approximate surface area is 449 Å². The maximum Gasteiger partial charge on any atom is 0.322 e. The molecule has 0 amide bonds. The molecule has 2 N–H and O–H groups in total. The van der Waals surface area contributed by atoms with Gasteiger partial charge in [0.05, 0.1) is 6.61 Å². The summed E-state index contributed by atoms with van der Waals surface area (Å²) in [5, 5.41) is 0. The average molecular weight is 1310 g/mol. The molecule has 0 aromatic heterocycles. The molecule has 35 heteroatoms. The standard InChI is InChI=1S/C7H11NO2.32ClH/c1-3-6(5-8)7(9)10-4-2;;;;;;;;;;;;;;;;;;;;;;;;;;;;;;;;/h1,6H,4-5,8H2,2H3;32*1H/t6-;;;;;;;;;;;;;;;;;;;;;;;;;;;;;;;;/m0................................/s1. The summed E-state index contributed by atoms with van der Waals surface area (Å²) >= 11 is 0. The second-order valence-electron chi connectivity index (χ2n) is 1.71. The maximum absolute atomic E-state index is 10.8. The van der Waals surface area contributed by atoms with Gasteiger partial charge in [-0.25, -0.2) is 0 Å². The Morgan fingerprint density at radius 1 is 0.476 bits per heavy atom. The summed E-state index contributed by atoms with van der Waals surface area (Å²) in [6.45, 7) is 2.22. The lowest BCUT2D eigenvalue weighted by Crippen LogP contribution is -2.24. The summed E-state index contributed by atoms with van der Waals surface area (Å²) in [6, 6.07) is 0. The van der Waals surface area contributed by atoms with Crippen LogP contribution >= 0.6 is 397 Å². The number of terminal acetylenes is 1. The van der Waals surface area contributed by atoms with Crippen molar-refractivity contribution in [1.82, 2.24) is 0 Å². The molecule has 0 saturated heterocycles. The van der Waals surface area contributed by atoms with Crippen molar-refractivity contribution in [3.63, 3.8) is 0 Å². The van der Waals surface area contributed by atoms with E-state index in [2.05, 4.69) is 10.7 Å². The number of carbonyl (C=O) groups is 1. The molecule has 0 spiro atoms. The molecule has 0 aliphatic rings. The molecule has 0 aliphatic carbocycles. The monoisotopic (exact) mass is 1290 g/mol. The number of halogens is 32. The fourth-order valence-corrected chi connectivity index (χ4v) is 0.475. The van der Waals surface area contributed by atoms with Crippen molar-refractivity contribution in [3.8, 4) is 12.3 Å². The zero-order valence-electron chi connectivity index (χ0n) is 19.0. The molecule has 0 saturated carbocycles. The van der Waals surface area contributed by atoms with Crippen LogP contribution < -0.4 is 5.73 Å². The van der Waals surface area contributed by atoms with E-state index in [9.17, 15) is 4.79 Å². The highest BCUT2D eigenvalue weighted by Crippen LogP contribution is 1.94. The first-order valence-corrected chi connectivity index (χ1v) is 3.09. The van der Waals surface area contributed by atoms with E-state index in [1.807, 2.05) is 0 Å². The van der Waals surface area contributed by atoms with Gasteiger partial charge in [-0.1, -0.05) is 5.92 Å². The molecule has 0 aromatic carbocycles. The first-order valence-electron chi connectivity index (χ1n) is 3.09. The van der Waals surface area contributed by atoms with Gasteiger partial charge in [-0.3, -0.25) is 4.79 Å². The Kier molecular flexibility index (Phi) is 3350. The van der Waals surface area contributed by atoms with Gasteiger partial charge in [0.2, 0.25) is 0 Å². The molecule has 0 rings (SSSR count). The van der Waals surface area contributed by atoms with Crippen LogP contribution in [0.5, 0.6) is 0 Å². The van der Waals surface area contributed by atoms with E-state index < -0.39 is 11.9 Å². The first kappa shape index (κ1) is 409. The van der Waals surface area contributed by atoms with E-state index in [0.717, 1.165) is 0 Å². The minimum absolute atomic E-state index is 0. The van der Waals surface area contributed by atoms with Gasteiger partial charge in [0, 0.05) is 6.54 Å². The van der Waals surface area contributed by atoms with Crippen molar-refractivity contribution in [1.29, 1.82) is 0 Å². The Hall–Kier alpha value is 8.27. The van der Waals surface area contributed by atoms with Crippen LogP contribution in [0, 0.1) is 18.3 Å². The Morgan fingerprint density at radius 2 is 0.619 bits per heavy atom. The smallest absolute Gasteiger partial charge is 0.322 e. The summed E-state index contributed by atoms with van der Waals surface area (Å²) in [4.78, 5) is 10.8. The summed E-state index contributed by atoms with van der Waals surface area (Å²) in [5.74, 6) is 1.24. The number of hydrogen-bond acceptors (Lipinski definition) is 3. The topological polar surface area (TPSA) is 52.3 Å². The maximum atomic E-state index is 10.8. The Bertz CT molecular complexity index is 181. The second-order valence-corrected chi connectivity index (χ2v) is 1.71. The van der Waals surface area contributed by atoms with E-state index in [1.165, 1.54) is 0 Å². The fraction of sp³-hybridized carbons (Fsp3) is 0.571. The molecular formula is C7H43Cl32NO2. The van der Waals surface area contributed by atoms with E-state index in [4.69, 9.17) is 12.2 Å². The third kappa shape index (κ3) is 290. The van der Waals surface area contributed by atoms with Gasteiger partial charge in [0.1, 0.15) is 5.92 Å². The molecule has 0 aliphatic heterocycles. The molecule has 0 aromatic rings. The number of hydrogen-bond donors (Lipinski definition) is 1. The third-order valence-electron chi connectivity index (χ3n) is 1.01. The summed E-state index contributed by atoms with van der Waals surface area (Å²) < 4.78 is 4.62. The Balaban J connectivity index is -0.000000000817. The summed E-state index contributed by atoms with van der Waals surface area (Å²) in [7, 11) is 0. The third-order valence-corrected chi connectivity index (χ3v) is 1.01. The molecule has 0 fully saturated rings. The van der Waals surface area contributed by atoms with Gasteiger partial charge in [-0.15, -0.1) is 403 Å². The highest BCUT2D eigenvalue weighted by atomic mass is 35.5. The van der Waals surface area contributed by atoms with Crippen LogP contribution in [0.1, 0.15) is 6.92 Å². The van der Waals surface area contributed by atoms with Gasteiger partial charge >= 0.3 is 5.97 Å². The zero-order chi connectivity index (χ0) is 7.98. The number of ether oxygens (including phenoxy) is 1. The van der Waals surface area contributed by atoms with Crippen LogP contribution in [0.4, 0.5) is 0 Å². The predicted octanol–water partition coefficient (Wildman–Crippen LogP) is 13.3. The van der Waals surface area contributed by atoms with Crippen LogP contribution in [0.15, 0.2) is 0 Å². The second kappa shape index (κ2) is 344. The number of esters is 1. The molecule has 0 bridgehead atoms. The van der Waals surface area contributed by atoms with Crippen molar-refractivity contribution in [2.24, 2.45) is 11.7 Å². The minimum atomic E-state index is -0.583. The molecular weight excluding hydrogens is 1260 g/mol. The lowest BCUT2D eigenvalue weighted by Gasteiger charge is -2.05.